The third kappa shape index (κ3) is 17.0. The first-order valence-electron chi connectivity index (χ1n) is 10.2. The van der Waals surface area contributed by atoms with Gasteiger partial charge in [0.2, 0.25) is 0 Å². The third-order valence-corrected chi connectivity index (χ3v) is 4.36. The molecule has 0 aromatic heterocycles. The van der Waals surface area contributed by atoms with Crippen molar-refractivity contribution in [2.75, 3.05) is 60.0 Å². The molecule has 0 saturated carbocycles. The Morgan fingerprint density at radius 2 is 1.19 bits per heavy atom. The maximum atomic E-state index is 10.2. The van der Waals surface area contributed by atoms with Crippen molar-refractivity contribution < 1.29 is 54.8 Å². The lowest BCUT2D eigenvalue weighted by atomic mass is 9.91. The lowest BCUT2D eigenvalue weighted by Gasteiger charge is -2.31. The second kappa shape index (κ2) is 21.3. The number of esters is 1. The fraction of sp³-hybridized carbons (Fsp3) is 0.810. The quantitative estimate of drug-likeness (QED) is 0.0910. The highest BCUT2D eigenvalue weighted by Gasteiger charge is 2.32. The van der Waals surface area contributed by atoms with E-state index < -0.39 is 56.4 Å². The molecule has 0 saturated heterocycles. The van der Waals surface area contributed by atoms with Gasteiger partial charge in [0.1, 0.15) is 0 Å². The molecule has 0 bridgehead atoms. The van der Waals surface area contributed by atoms with E-state index in [4.69, 9.17) is 40.5 Å². The number of carboxylic acid groups (broad SMARTS) is 1. The van der Waals surface area contributed by atoms with Crippen molar-refractivity contribution in [3.05, 3.63) is 12.2 Å². The van der Waals surface area contributed by atoms with E-state index in [0.717, 1.165) is 19.3 Å². The number of aliphatic hydroxyl groups excluding tert-OH is 6. The average Bonchev–Trinajstić information content (AvgIpc) is 2.80. The molecular formula is C21H42O11. The molecule has 0 aromatic rings. The second-order valence-corrected chi connectivity index (χ2v) is 7.56. The van der Waals surface area contributed by atoms with Crippen molar-refractivity contribution >= 4 is 11.9 Å². The summed E-state index contributed by atoms with van der Waals surface area (Å²) in [6, 6.07) is 0. The van der Waals surface area contributed by atoms with Crippen LogP contribution in [0.15, 0.2) is 12.2 Å². The van der Waals surface area contributed by atoms with Gasteiger partial charge in [0, 0.05) is 12.0 Å². The maximum Gasteiger partial charge on any atom is 0.332 e. The Morgan fingerprint density at radius 1 is 0.812 bits per heavy atom. The molecule has 0 atom stereocenters. The van der Waals surface area contributed by atoms with Crippen LogP contribution in [0.5, 0.6) is 0 Å². The topological polar surface area (TPSA) is 194 Å². The molecule has 11 nitrogen and oxygen atoms in total. The van der Waals surface area contributed by atoms with Crippen LogP contribution in [0.3, 0.4) is 0 Å². The molecule has 0 aliphatic carbocycles. The van der Waals surface area contributed by atoms with Crippen LogP contribution >= 0.6 is 0 Å². The first-order valence-corrected chi connectivity index (χ1v) is 10.2. The average molecular weight is 471 g/mol. The minimum Gasteiger partial charge on any atom is -0.481 e. The zero-order chi connectivity index (χ0) is 25.6. The number of hydrogen-bond acceptors (Lipinski definition) is 10. The number of carbonyl (C=O) groups is 2. The van der Waals surface area contributed by atoms with Crippen LogP contribution in [0.2, 0.25) is 0 Å². The molecule has 0 heterocycles. The summed E-state index contributed by atoms with van der Waals surface area (Å²) in [5.74, 6) is -1.03. The summed E-state index contributed by atoms with van der Waals surface area (Å²) in [6.07, 6.45) is 3.28. The Bertz CT molecular complexity index is 450. The van der Waals surface area contributed by atoms with Crippen LogP contribution in [-0.2, 0) is 19.1 Å². The Labute approximate surface area is 189 Å². The molecule has 0 spiro atoms. The predicted octanol–water partition coefficient (Wildman–Crippen LogP) is -0.684. The minimum absolute atomic E-state index is 0.141. The predicted molar refractivity (Wildman–Crippen MR) is 117 cm³/mol. The lowest BCUT2D eigenvalue weighted by Crippen LogP contribution is -2.43. The Morgan fingerprint density at radius 3 is 1.38 bits per heavy atom. The Kier molecular flexibility index (Phi) is 23.2. The van der Waals surface area contributed by atoms with E-state index in [2.05, 4.69) is 18.2 Å². The van der Waals surface area contributed by atoms with Crippen molar-refractivity contribution in [3.8, 4) is 0 Å². The molecule has 0 amide bonds. The molecule has 0 fully saturated rings. The highest BCUT2D eigenvalue weighted by Crippen LogP contribution is 2.19. The molecule has 192 valence electrons. The number of carbonyl (C=O) groups excluding carboxylic acids is 1. The van der Waals surface area contributed by atoms with Crippen LogP contribution in [0.1, 0.15) is 39.5 Å². The summed E-state index contributed by atoms with van der Waals surface area (Å²) in [5, 5.41) is 62.3. The van der Waals surface area contributed by atoms with Gasteiger partial charge in [-0.1, -0.05) is 26.3 Å². The summed E-state index contributed by atoms with van der Waals surface area (Å²) >= 11 is 0. The molecule has 0 rings (SSSR count). The molecule has 32 heavy (non-hydrogen) atoms. The number of aliphatic carboxylic acids is 1. The van der Waals surface area contributed by atoms with E-state index >= 15 is 0 Å². The van der Waals surface area contributed by atoms with Crippen molar-refractivity contribution in [3.63, 3.8) is 0 Å². The van der Waals surface area contributed by atoms with E-state index in [-0.39, 0.29) is 19.2 Å². The zero-order valence-corrected chi connectivity index (χ0v) is 19.5. The van der Waals surface area contributed by atoms with Gasteiger partial charge in [0.25, 0.3) is 0 Å². The molecule has 0 unspecified atom stereocenters. The smallest absolute Gasteiger partial charge is 0.332 e. The van der Waals surface area contributed by atoms with Gasteiger partial charge in [-0.15, -0.1) is 0 Å². The summed E-state index contributed by atoms with van der Waals surface area (Å²) in [7, 11) is 1.33. The van der Waals surface area contributed by atoms with Crippen molar-refractivity contribution in [2.24, 2.45) is 10.8 Å². The summed E-state index contributed by atoms with van der Waals surface area (Å²) in [6.45, 7) is 4.01. The van der Waals surface area contributed by atoms with E-state index in [1.54, 1.807) is 6.92 Å². The number of rotatable bonds is 15. The molecule has 7 N–H and O–H groups in total. The van der Waals surface area contributed by atoms with Gasteiger partial charge in [-0.05, 0) is 13.3 Å². The fourth-order valence-corrected chi connectivity index (χ4v) is 1.76. The number of hydrogen-bond donors (Lipinski definition) is 7. The maximum absolute atomic E-state index is 10.2. The minimum atomic E-state index is -1.16. The molecule has 0 radical (unpaired) electrons. The zero-order valence-electron chi connectivity index (χ0n) is 19.5. The van der Waals surface area contributed by atoms with E-state index in [0.29, 0.717) is 12.0 Å². The number of ether oxygens (including phenoxy) is 2. The monoisotopic (exact) mass is 470 g/mol. The summed E-state index contributed by atoms with van der Waals surface area (Å²) < 4.78 is 9.42. The van der Waals surface area contributed by atoms with Gasteiger partial charge in [-0.25, -0.2) is 4.79 Å². The largest absolute Gasteiger partial charge is 0.481 e. The third-order valence-electron chi connectivity index (χ3n) is 4.36. The molecule has 0 aromatic carbocycles. The Hall–Kier alpha value is -1.60. The van der Waals surface area contributed by atoms with E-state index in [1.165, 1.54) is 7.11 Å². The number of aliphatic hydroxyl groups is 6. The first-order chi connectivity index (χ1) is 15.0. The number of unbranched alkanes of at least 4 members (excludes halogenated alkanes) is 2. The summed E-state index contributed by atoms with van der Waals surface area (Å²) in [4.78, 5) is 20.1. The standard InChI is InChI=1S/C10H22O7.C6H12O2.C5H8O2/c11-1-9(2-12,3-13)7-17-8-10(4-14,5-15)6-16;1-2-3-4-5-6(7)8;1-4(2)5(6)7-3/h11-16H,1-8H2;2-5H2,1H3,(H,7,8);1H2,2-3H3. The SMILES string of the molecule is C=C(C)C(=O)OC.CCCCCC(=O)O.OCC(CO)(CO)COCC(CO)(CO)CO. The molecule has 0 aliphatic heterocycles. The molecule has 11 heteroatoms. The van der Waals surface area contributed by atoms with Crippen LogP contribution in [0.25, 0.3) is 0 Å². The van der Waals surface area contributed by atoms with Gasteiger partial charge < -0.3 is 45.2 Å². The van der Waals surface area contributed by atoms with Crippen LogP contribution in [0, 0.1) is 10.8 Å². The van der Waals surface area contributed by atoms with Crippen LogP contribution in [0.4, 0.5) is 0 Å². The normalized spacial score (nSPS) is 10.9. The Balaban J connectivity index is -0.000000464. The van der Waals surface area contributed by atoms with Crippen molar-refractivity contribution in [1.29, 1.82) is 0 Å². The van der Waals surface area contributed by atoms with Crippen LogP contribution < -0.4 is 0 Å². The van der Waals surface area contributed by atoms with Gasteiger partial charge in [0.15, 0.2) is 0 Å². The number of methoxy groups -OCH3 is 1. The van der Waals surface area contributed by atoms with Crippen LogP contribution in [-0.4, -0.2) is 108 Å². The molecule has 0 aliphatic rings. The number of carboxylic acids is 1. The van der Waals surface area contributed by atoms with Gasteiger partial charge in [-0.2, -0.15) is 0 Å². The summed E-state index contributed by atoms with van der Waals surface area (Å²) in [5.41, 5.74) is -1.89. The van der Waals surface area contributed by atoms with Gasteiger partial charge >= 0.3 is 11.9 Å². The van der Waals surface area contributed by atoms with Crippen molar-refractivity contribution in [1.82, 2.24) is 0 Å². The van der Waals surface area contributed by atoms with Gasteiger partial charge in [-0.3, -0.25) is 4.79 Å². The van der Waals surface area contributed by atoms with E-state index in [9.17, 15) is 9.59 Å². The fourth-order valence-electron chi connectivity index (χ4n) is 1.76. The van der Waals surface area contributed by atoms with E-state index in [1.807, 2.05) is 0 Å². The van der Waals surface area contributed by atoms with Gasteiger partial charge in [0.05, 0.1) is 70.8 Å². The second-order valence-electron chi connectivity index (χ2n) is 7.56. The lowest BCUT2D eigenvalue weighted by molar-refractivity contribution is -0.137. The van der Waals surface area contributed by atoms with Crippen molar-refractivity contribution in [2.45, 2.75) is 39.5 Å². The first kappa shape index (κ1) is 35.0. The highest BCUT2D eigenvalue weighted by atomic mass is 16.5. The highest BCUT2D eigenvalue weighted by molar-refractivity contribution is 5.86. The molecular weight excluding hydrogens is 428 g/mol.